The average molecular weight is 903 g/mol. The van der Waals surface area contributed by atoms with Gasteiger partial charge in [0, 0.05) is 31.5 Å². The standard InChI is InChI=1S/C36H72N4O14P2Si2/c1-23(2)57(24(3)4,25(5)6)51-20-17-29-16-19-40(36(39-29)38-18-14-13-15-30(37)35(41)42)34-33(49-22-52-58(26(7)8,27(9)10)28(11)12)32(54-56(46,47)48)31(53-34)21-50-55(43,44)45/h16,19,23-28,30-34H,13-15,17-18,20-22,37H2,1-12H3,(H,41,42)(H2,43,44,45)(H2,46,47,48)/t30-,31+,32+,33+,34+/m0/s1. The van der Waals surface area contributed by atoms with Gasteiger partial charge in [-0.3, -0.25) is 23.4 Å². The molecular weight excluding hydrogens is 831 g/mol. The van der Waals surface area contributed by atoms with Crippen LogP contribution in [-0.4, -0.2) is 108 Å². The topological polar surface area (TPSA) is 264 Å². The molecule has 0 radical (unpaired) electrons. The molecule has 1 aliphatic heterocycles. The Morgan fingerprint density at radius 3 is 1.88 bits per heavy atom. The van der Waals surface area contributed by atoms with E-state index in [2.05, 4.69) is 83.1 Å². The lowest BCUT2D eigenvalue weighted by atomic mass is 10.1. The molecule has 1 fully saturated rings. The predicted octanol–water partition coefficient (Wildman–Crippen LogP) is 6.12. The van der Waals surface area contributed by atoms with Crippen LogP contribution >= 0.6 is 15.6 Å². The van der Waals surface area contributed by atoms with E-state index in [1.54, 1.807) is 12.3 Å². The Hall–Kier alpha value is -1.20. The van der Waals surface area contributed by atoms with Crippen molar-refractivity contribution >= 4 is 38.2 Å². The van der Waals surface area contributed by atoms with Crippen LogP contribution in [0.4, 0.5) is 0 Å². The summed E-state index contributed by atoms with van der Waals surface area (Å²) in [4.78, 5) is 60.0. The number of phosphoric acid groups is 2. The van der Waals surface area contributed by atoms with E-state index in [9.17, 15) is 38.6 Å². The zero-order valence-corrected chi connectivity index (χ0v) is 40.2. The summed E-state index contributed by atoms with van der Waals surface area (Å²) in [7, 11) is -15.0. The fraction of sp³-hybridized carbons (Fsp3) is 0.861. The Labute approximate surface area is 346 Å². The fourth-order valence-electron chi connectivity index (χ4n) is 8.94. The van der Waals surface area contributed by atoms with Crippen LogP contribution in [0, 0.1) is 0 Å². The van der Waals surface area contributed by atoms with Gasteiger partial charge in [-0.1, -0.05) is 83.1 Å². The van der Waals surface area contributed by atoms with Crippen molar-refractivity contribution in [1.29, 1.82) is 0 Å². The van der Waals surface area contributed by atoms with Crippen LogP contribution in [0.15, 0.2) is 17.3 Å². The van der Waals surface area contributed by atoms with Crippen molar-refractivity contribution in [3.05, 3.63) is 23.6 Å². The Morgan fingerprint density at radius 2 is 1.40 bits per heavy atom. The van der Waals surface area contributed by atoms with Gasteiger partial charge in [-0.15, -0.1) is 0 Å². The number of nitrogens with zero attached hydrogens (tertiary/aromatic N) is 3. The Morgan fingerprint density at radius 1 is 0.862 bits per heavy atom. The summed E-state index contributed by atoms with van der Waals surface area (Å²) < 4.78 is 61.7. The molecule has 7 N–H and O–H groups in total. The number of carboxylic acids is 1. The van der Waals surface area contributed by atoms with E-state index in [0.717, 1.165) is 0 Å². The van der Waals surface area contributed by atoms with E-state index in [0.29, 0.717) is 48.2 Å². The van der Waals surface area contributed by atoms with Crippen LogP contribution in [0.5, 0.6) is 0 Å². The highest BCUT2D eigenvalue weighted by molar-refractivity contribution is 7.46. The van der Waals surface area contributed by atoms with Crippen LogP contribution in [0.1, 0.15) is 114 Å². The van der Waals surface area contributed by atoms with Crippen LogP contribution in [0.2, 0.25) is 33.2 Å². The van der Waals surface area contributed by atoms with E-state index in [-0.39, 0.29) is 42.0 Å². The number of carboxylic acid groups (broad SMARTS) is 1. The second-order valence-electron chi connectivity index (χ2n) is 17.0. The summed E-state index contributed by atoms with van der Waals surface area (Å²) in [5.41, 5.74) is 8.16. The van der Waals surface area contributed by atoms with E-state index in [1.165, 1.54) is 4.57 Å². The van der Waals surface area contributed by atoms with E-state index < -0.39 is 75.4 Å². The molecule has 0 saturated carbocycles. The maximum absolute atomic E-state index is 12.4. The quantitative estimate of drug-likeness (QED) is 0.0265. The molecule has 58 heavy (non-hydrogen) atoms. The molecule has 0 amide bonds. The minimum atomic E-state index is -5.24. The molecule has 1 aliphatic rings. The normalized spacial score (nSPS) is 20.8. The molecule has 0 aliphatic carbocycles. The number of phosphoric ester groups is 2. The Kier molecular flexibility index (Phi) is 20.8. The first-order chi connectivity index (χ1) is 26.7. The molecule has 5 atom stereocenters. The van der Waals surface area contributed by atoms with E-state index in [4.69, 9.17) is 43.1 Å². The van der Waals surface area contributed by atoms with Crippen LogP contribution in [0.3, 0.4) is 0 Å². The molecule has 338 valence electrons. The molecule has 0 aromatic carbocycles. The number of unbranched alkanes of at least 4 members (excludes halogenated alkanes) is 1. The molecule has 22 heteroatoms. The summed E-state index contributed by atoms with van der Waals surface area (Å²) in [6.07, 6.45) is -2.34. The number of ether oxygens (including phenoxy) is 2. The maximum atomic E-state index is 12.4. The second-order valence-corrected chi connectivity index (χ2v) is 30.3. The molecule has 0 unspecified atom stereocenters. The van der Waals surface area contributed by atoms with Crippen molar-refractivity contribution < 1.29 is 66.0 Å². The lowest BCUT2D eigenvalue weighted by Gasteiger charge is -2.42. The molecule has 0 spiro atoms. The Bertz CT molecular complexity index is 1560. The van der Waals surface area contributed by atoms with Crippen molar-refractivity contribution in [3.8, 4) is 0 Å². The number of hydrogen-bond donors (Lipinski definition) is 6. The van der Waals surface area contributed by atoms with Crippen molar-refractivity contribution in [2.24, 2.45) is 10.7 Å². The minimum Gasteiger partial charge on any atom is -0.480 e. The van der Waals surface area contributed by atoms with Crippen molar-refractivity contribution in [2.45, 2.75) is 173 Å². The zero-order chi connectivity index (χ0) is 44.4. The first-order valence-electron chi connectivity index (χ1n) is 20.3. The molecule has 1 saturated heterocycles. The van der Waals surface area contributed by atoms with Crippen molar-refractivity contribution in [3.63, 3.8) is 0 Å². The number of aromatic nitrogens is 2. The third kappa shape index (κ3) is 14.4. The third-order valence-electron chi connectivity index (χ3n) is 11.3. The highest BCUT2D eigenvalue weighted by Crippen LogP contribution is 2.47. The predicted molar refractivity (Wildman–Crippen MR) is 224 cm³/mol. The second kappa shape index (κ2) is 22.8. The van der Waals surface area contributed by atoms with Crippen LogP contribution in [0.25, 0.3) is 0 Å². The SMILES string of the molecule is CC(C)[Si](OCCc1ccn([C@@H]2O[C@H](COP(=O)(O)O)[C@@H](OP(=O)(O)O)[C@H]2OCO[Si](C(C)C)(C(C)C)C(C)C)c(=NCCCC[C@H](N)C(=O)O)n1)(C(C)C)C(C)C. The van der Waals surface area contributed by atoms with Crippen molar-refractivity contribution in [1.82, 2.24) is 9.55 Å². The highest BCUT2D eigenvalue weighted by Gasteiger charge is 2.52. The van der Waals surface area contributed by atoms with E-state index >= 15 is 0 Å². The number of hydrogen-bond acceptors (Lipinski definition) is 12. The highest BCUT2D eigenvalue weighted by atomic mass is 31.2. The molecule has 2 heterocycles. The summed E-state index contributed by atoms with van der Waals surface area (Å²) in [6.45, 7) is 25.3. The first-order valence-corrected chi connectivity index (χ1v) is 27.6. The van der Waals surface area contributed by atoms with Gasteiger partial charge >= 0.3 is 21.6 Å². The zero-order valence-electron chi connectivity index (χ0n) is 36.4. The lowest BCUT2D eigenvalue weighted by molar-refractivity contribution is -0.138. The summed E-state index contributed by atoms with van der Waals surface area (Å²) in [5.74, 6) is -1.10. The van der Waals surface area contributed by atoms with Gasteiger partial charge in [0.2, 0.25) is 13.9 Å². The fourth-order valence-corrected chi connectivity index (χ4v) is 20.6. The van der Waals surface area contributed by atoms with Gasteiger partial charge < -0.3 is 48.7 Å². The molecule has 1 aromatic rings. The largest absolute Gasteiger partial charge is 0.480 e. The van der Waals surface area contributed by atoms with Crippen LogP contribution in [-0.2, 0) is 47.7 Å². The number of carbonyl (C=O) groups is 1. The van der Waals surface area contributed by atoms with E-state index in [1.807, 2.05) is 0 Å². The monoisotopic (exact) mass is 902 g/mol. The molecule has 2 rings (SSSR count). The lowest BCUT2D eigenvalue weighted by Crippen LogP contribution is -2.49. The third-order valence-corrected chi connectivity index (χ3v) is 24.5. The molecule has 18 nitrogen and oxygen atoms in total. The molecule has 1 aromatic heterocycles. The minimum absolute atomic E-state index is 0.154. The van der Waals surface area contributed by atoms with Gasteiger partial charge in [0.05, 0.1) is 6.61 Å². The van der Waals surface area contributed by atoms with Gasteiger partial charge in [0.25, 0.3) is 0 Å². The summed E-state index contributed by atoms with van der Waals surface area (Å²) in [6, 6.07) is 0.736. The van der Waals surface area contributed by atoms with Gasteiger partial charge in [-0.25, -0.2) is 14.1 Å². The van der Waals surface area contributed by atoms with Crippen molar-refractivity contribution in [2.75, 3.05) is 26.6 Å². The van der Waals surface area contributed by atoms with Crippen LogP contribution < -0.4 is 11.4 Å². The first kappa shape index (κ1) is 52.9. The number of rotatable bonds is 26. The summed E-state index contributed by atoms with van der Waals surface area (Å²) in [5, 5.41) is 9.21. The smallest absolute Gasteiger partial charge is 0.470 e. The summed E-state index contributed by atoms with van der Waals surface area (Å²) >= 11 is 0. The van der Waals surface area contributed by atoms with Gasteiger partial charge in [-0.05, 0) is 58.6 Å². The van der Waals surface area contributed by atoms with Gasteiger partial charge in [0.15, 0.2) is 14.5 Å². The molecular formula is C36H72N4O14P2Si2. The van der Waals surface area contributed by atoms with Gasteiger partial charge in [0.1, 0.15) is 31.1 Å². The Balaban J connectivity index is 2.70. The molecule has 0 bridgehead atoms. The number of aliphatic carboxylic acids is 1. The maximum Gasteiger partial charge on any atom is 0.470 e. The average Bonchev–Trinajstić information content (AvgIpc) is 3.40. The van der Waals surface area contributed by atoms with Gasteiger partial charge in [-0.2, -0.15) is 0 Å². The number of nitrogens with two attached hydrogens (primary N) is 1.